The molecule has 1 fully saturated rings. The van der Waals surface area contributed by atoms with E-state index in [0.717, 1.165) is 18.2 Å². The molecular formula is C16H15N3O5S. The average molecular weight is 361 g/mol. The van der Waals surface area contributed by atoms with Gasteiger partial charge in [0.25, 0.3) is 11.1 Å². The van der Waals surface area contributed by atoms with Gasteiger partial charge in [0.15, 0.2) is 11.5 Å². The Hall–Kier alpha value is -2.55. The summed E-state index contributed by atoms with van der Waals surface area (Å²) in [5, 5.41) is 8.15. The van der Waals surface area contributed by atoms with E-state index in [-0.39, 0.29) is 29.4 Å². The zero-order chi connectivity index (χ0) is 17.2. The lowest BCUT2D eigenvalue weighted by Gasteiger charge is -2.23. The summed E-state index contributed by atoms with van der Waals surface area (Å²) >= 11 is 1.11. The highest BCUT2D eigenvalue weighted by Crippen LogP contribution is 2.35. The molecule has 2 amide bonds. The van der Waals surface area contributed by atoms with E-state index < -0.39 is 6.10 Å². The first-order valence-electron chi connectivity index (χ1n) is 7.88. The van der Waals surface area contributed by atoms with Crippen LogP contribution in [0.25, 0.3) is 0 Å². The summed E-state index contributed by atoms with van der Waals surface area (Å²) in [4.78, 5) is 24.9. The molecule has 2 aliphatic heterocycles. The van der Waals surface area contributed by atoms with Crippen LogP contribution in [0.3, 0.4) is 0 Å². The van der Waals surface area contributed by atoms with Crippen LogP contribution in [-0.4, -0.2) is 45.8 Å². The Labute approximate surface area is 147 Å². The van der Waals surface area contributed by atoms with Crippen LogP contribution >= 0.6 is 11.8 Å². The maximum Gasteiger partial charge on any atom is 0.277 e. The van der Waals surface area contributed by atoms with Crippen LogP contribution in [0.1, 0.15) is 24.8 Å². The maximum absolute atomic E-state index is 12.0. The summed E-state index contributed by atoms with van der Waals surface area (Å²) in [6.45, 7) is 0.754. The normalized spacial score (nSPS) is 19.3. The predicted octanol–water partition coefficient (Wildman–Crippen LogP) is 1.82. The largest absolute Gasteiger partial charge is 0.485 e. The number of rotatable bonds is 4. The number of hydrogen-bond donors (Lipinski definition) is 0. The standard InChI is InChI=1S/C16H15N3O5S/c20-13-6-3-7-19(13)14(21)9-25-16-18-17-15(24-16)12-8-22-10-4-1-2-5-11(10)23-12/h1-2,4-5,12H,3,6-9H2/t12-/m1/s1. The summed E-state index contributed by atoms with van der Waals surface area (Å²) in [5.41, 5.74) is 0. The van der Waals surface area contributed by atoms with E-state index in [4.69, 9.17) is 13.9 Å². The van der Waals surface area contributed by atoms with Gasteiger partial charge in [-0.15, -0.1) is 10.2 Å². The minimum atomic E-state index is -0.493. The molecule has 8 nitrogen and oxygen atoms in total. The van der Waals surface area contributed by atoms with Crippen molar-refractivity contribution >= 4 is 23.6 Å². The monoisotopic (exact) mass is 361 g/mol. The molecular weight excluding hydrogens is 346 g/mol. The zero-order valence-electron chi connectivity index (χ0n) is 13.2. The molecule has 1 aromatic heterocycles. The summed E-state index contributed by atoms with van der Waals surface area (Å²) in [6.07, 6.45) is 0.662. The third-order valence-electron chi connectivity index (χ3n) is 3.90. The number of fused-ring (bicyclic) bond motifs is 1. The number of carbonyl (C=O) groups is 2. The summed E-state index contributed by atoms with van der Waals surface area (Å²) in [5.74, 6) is 1.31. The number of aromatic nitrogens is 2. The molecule has 25 heavy (non-hydrogen) atoms. The fourth-order valence-corrected chi connectivity index (χ4v) is 3.31. The Kier molecular flexibility index (Phi) is 4.31. The fourth-order valence-electron chi connectivity index (χ4n) is 2.66. The highest BCUT2D eigenvalue weighted by molar-refractivity contribution is 7.99. The fraction of sp³-hybridized carbons (Fsp3) is 0.375. The minimum absolute atomic E-state index is 0.0816. The SMILES string of the molecule is O=C1CCCN1C(=O)CSc1nnc([C@H]2COc3ccccc3O2)o1. The van der Waals surface area contributed by atoms with Crippen LogP contribution in [0.15, 0.2) is 33.9 Å². The second kappa shape index (κ2) is 6.75. The van der Waals surface area contributed by atoms with Crippen molar-refractivity contribution in [1.29, 1.82) is 0 Å². The van der Waals surface area contributed by atoms with Crippen LogP contribution in [-0.2, 0) is 9.59 Å². The first kappa shape index (κ1) is 15.9. The van der Waals surface area contributed by atoms with E-state index in [1.54, 1.807) is 6.07 Å². The number of benzene rings is 1. The van der Waals surface area contributed by atoms with E-state index in [1.165, 1.54) is 4.90 Å². The number of amides is 2. The number of hydrogen-bond acceptors (Lipinski definition) is 8. The summed E-state index contributed by atoms with van der Waals surface area (Å²) < 4.78 is 17.0. The Morgan fingerprint density at radius 3 is 2.92 bits per heavy atom. The lowest BCUT2D eigenvalue weighted by Crippen LogP contribution is -2.33. The van der Waals surface area contributed by atoms with Gasteiger partial charge in [0.2, 0.25) is 17.9 Å². The number of likely N-dealkylation sites (tertiary alicyclic amines) is 1. The van der Waals surface area contributed by atoms with Gasteiger partial charge in [0.1, 0.15) is 6.61 Å². The molecule has 9 heteroatoms. The molecule has 4 rings (SSSR count). The highest BCUT2D eigenvalue weighted by Gasteiger charge is 2.29. The molecule has 2 aromatic rings. The molecule has 1 aromatic carbocycles. The van der Waals surface area contributed by atoms with Crippen molar-refractivity contribution in [2.45, 2.75) is 24.2 Å². The molecule has 1 saturated heterocycles. The smallest absolute Gasteiger partial charge is 0.277 e. The summed E-state index contributed by atoms with van der Waals surface area (Å²) in [7, 11) is 0. The molecule has 0 N–H and O–H groups in total. The van der Waals surface area contributed by atoms with E-state index in [2.05, 4.69) is 10.2 Å². The molecule has 0 aliphatic carbocycles. The maximum atomic E-state index is 12.0. The first-order valence-corrected chi connectivity index (χ1v) is 8.87. The van der Waals surface area contributed by atoms with Crippen LogP contribution < -0.4 is 9.47 Å². The molecule has 0 spiro atoms. The molecule has 0 bridgehead atoms. The van der Waals surface area contributed by atoms with Crippen molar-refractivity contribution in [3.05, 3.63) is 30.2 Å². The van der Waals surface area contributed by atoms with E-state index in [1.807, 2.05) is 18.2 Å². The number of para-hydroxylation sites is 2. The van der Waals surface area contributed by atoms with Crippen molar-refractivity contribution in [3.63, 3.8) is 0 Å². The van der Waals surface area contributed by atoms with Crippen molar-refractivity contribution in [1.82, 2.24) is 15.1 Å². The molecule has 130 valence electrons. The van der Waals surface area contributed by atoms with Crippen molar-refractivity contribution in [3.8, 4) is 11.5 Å². The Balaban J connectivity index is 1.36. The minimum Gasteiger partial charge on any atom is -0.485 e. The van der Waals surface area contributed by atoms with Gasteiger partial charge in [-0.3, -0.25) is 14.5 Å². The lowest BCUT2D eigenvalue weighted by atomic mass is 10.2. The second-order valence-electron chi connectivity index (χ2n) is 5.60. The van der Waals surface area contributed by atoms with E-state index in [0.29, 0.717) is 30.4 Å². The molecule has 3 heterocycles. The van der Waals surface area contributed by atoms with E-state index >= 15 is 0 Å². The predicted molar refractivity (Wildman–Crippen MR) is 86.3 cm³/mol. The molecule has 2 aliphatic rings. The van der Waals surface area contributed by atoms with Crippen molar-refractivity contribution < 1.29 is 23.5 Å². The third kappa shape index (κ3) is 3.32. The molecule has 0 saturated carbocycles. The second-order valence-corrected chi connectivity index (χ2v) is 6.53. The topological polar surface area (TPSA) is 94.8 Å². The zero-order valence-corrected chi connectivity index (χ0v) is 14.0. The van der Waals surface area contributed by atoms with Gasteiger partial charge in [-0.25, -0.2) is 0 Å². The molecule has 1 atom stereocenters. The lowest BCUT2D eigenvalue weighted by molar-refractivity contribution is -0.140. The van der Waals surface area contributed by atoms with Crippen LogP contribution in [0.2, 0.25) is 0 Å². The van der Waals surface area contributed by atoms with Gasteiger partial charge in [-0.1, -0.05) is 23.9 Å². The number of ether oxygens (including phenoxy) is 2. The van der Waals surface area contributed by atoms with E-state index in [9.17, 15) is 9.59 Å². The van der Waals surface area contributed by atoms with Gasteiger partial charge >= 0.3 is 0 Å². The van der Waals surface area contributed by atoms with Gasteiger partial charge in [-0.2, -0.15) is 0 Å². The third-order valence-corrected chi connectivity index (χ3v) is 4.70. The first-order chi connectivity index (χ1) is 12.2. The Morgan fingerprint density at radius 1 is 1.28 bits per heavy atom. The van der Waals surface area contributed by atoms with Gasteiger partial charge in [-0.05, 0) is 18.6 Å². The van der Waals surface area contributed by atoms with Crippen molar-refractivity contribution in [2.75, 3.05) is 18.9 Å². The average Bonchev–Trinajstić information content (AvgIpc) is 3.28. The van der Waals surface area contributed by atoms with Crippen LogP contribution in [0, 0.1) is 0 Å². The number of carbonyl (C=O) groups excluding carboxylic acids is 2. The van der Waals surface area contributed by atoms with Crippen molar-refractivity contribution in [2.24, 2.45) is 0 Å². The number of nitrogens with zero attached hydrogens (tertiary/aromatic N) is 3. The molecule has 0 radical (unpaired) electrons. The Morgan fingerprint density at radius 2 is 2.12 bits per heavy atom. The van der Waals surface area contributed by atoms with Gasteiger partial charge in [0.05, 0.1) is 5.75 Å². The quantitative estimate of drug-likeness (QED) is 0.761. The highest BCUT2D eigenvalue weighted by atomic mass is 32.2. The van der Waals surface area contributed by atoms with Gasteiger partial charge in [0, 0.05) is 13.0 Å². The number of thioether (sulfide) groups is 1. The molecule has 0 unspecified atom stereocenters. The summed E-state index contributed by atoms with van der Waals surface area (Å²) in [6, 6.07) is 7.35. The van der Waals surface area contributed by atoms with Crippen LogP contribution in [0.5, 0.6) is 11.5 Å². The Bertz CT molecular complexity index is 809. The van der Waals surface area contributed by atoms with Crippen LogP contribution in [0.4, 0.5) is 0 Å². The van der Waals surface area contributed by atoms with Gasteiger partial charge < -0.3 is 13.9 Å². The number of imide groups is 1.